The molecule has 2 rings (SSSR count). The predicted molar refractivity (Wildman–Crippen MR) is 45.8 cm³/mol. The molecular formula is C9H14N2O. The van der Waals surface area contributed by atoms with Crippen molar-refractivity contribution in [3.8, 4) is 0 Å². The monoisotopic (exact) mass is 166 g/mol. The lowest BCUT2D eigenvalue weighted by Crippen LogP contribution is -2.32. The van der Waals surface area contributed by atoms with Crippen LogP contribution in [0.2, 0.25) is 0 Å². The first-order chi connectivity index (χ1) is 5.79. The lowest BCUT2D eigenvalue weighted by Gasteiger charge is -2.24. The molecule has 12 heavy (non-hydrogen) atoms. The number of hydrogen-bond acceptors (Lipinski definition) is 3. The minimum absolute atomic E-state index is 0.382. The number of nitrogens with one attached hydrogen (secondary N) is 1. The average molecular weight is 166 g/mol. The van der Waals surface area contributed by atoms with Crippen molar-refractivity contribution in [3.05, 3.63) is 17.5 Å². The molecule has 0 saturated carbocycles. The van der Waals surface area contributed by atoms with Gasteiger partial charge in [0.1, 0.15) is 12.0 Å². The second kappa shape index (κ2) is 2.90. The van der Waals surface area contributed by atoms with Crippen LogP contribution < -0.4 is 5.32 Å². The van der Waals surface area contributed by atoms with Crippen molar-refractivity contribution >= 4 is 0 Å². The molecule has 0 radical (unpaired) electrons. The van der Waals surface area contributed by atoms with Gasteiger partial charge in [-0.15, -0.1) is 0 Å². The van der Waals surface area contributed by atoms with Crippen LogP contribution in [0.4, 0.5) is 0 Å². The Kier molecular flexibility index (Phi) is 1.89. The quantitative estimate of drug-likeness (QED) is 0.687. The van der Waals surface area contributed by atoms with E-state index in [0.29, 0.717) is 12.0 Å². The van der Waals surface area contributed by atoms with Crippen LogP contribution in [0.15, 0.2) is 10.8 Å². The molecule has 1 aliphatic rings. The molecule has 1 unspecified atom stereocenters. The third-order valence-corrected chi connectivity index (χ3v) is 2.39. The van der Waals surface area contributed by atoms with Gasteiger partial charge in [0.2, 0.25) is 0 Å². The molecule has 2 heterocycles. The summed E-state index contributed by atoms with van der Waals surface area (Å²) in [7, 11) is 0. The van der Waals surface area contributed by atoms with E-state index in [1.165, 1.54) is 5.56 Å². The number of fused-ring (bicyclic) bond motifs is 1. The van der Waals surface area contributed by atoms with Gasteiger partial charge >= 0.3 is 0 Å². The average Bonchev–Trinajstić information content (AvgIpc) is 2.49. The van der Waals surface area contributed by atoms with Gasteiger partial charge in [0.05, 0.1) is 6.04 Å². The van der Waals surface area contributed by atoms with Crippen molar-refractivity contribution in [2.24, 2.45) is 5.92 Å². The smallest absolute Gasteiger partial charge is 0.127 e. The molecule has 1 aliphatic heterocycles. The molecule has 1 atom stereocenters. The zero-order valence-electron chi connectivity index (χ0n) is 7.50. The molecule has 66 valence electrons. The fourth-order valence-corrected chi connectivity index (χ4v) is 1.72. The van der Waals surface area contributed by atoms with Gasteiger partial charge in [-0.25, -0.2) is 0 Å². The van der Waals surface area contributed by atoms with Crippen molar-refractivity contribution in [1.29, 1.82) is 0 Å². The lowest BCUT2D eigenvalue weighted by molar-refractivity contribution is 0.356. The van der Waals surface area contributed by atoms with E-state index in [2.05, 4.69) is 24.3 Å². The normalized spacial score (nSPS) is 22.8. The zero-order valence-corrected chi connectivity index (χ0v) is 7.50. The molecular weight excluding hydrogens is 152 g/mol. The van der Waals surface area contributed by atoms with Crippen LogP contribution in [0.1, 0.15) is 31.1 Å². The molecule has 3 nitrogen and oxygen atoms in total. The Bertz CT molecular complexity index is 267. The van der Waals surface area contributed by atoms with Crippen molar-refractivity contribution in [3.63, 3.8) is 0 Å². The SMILES string of the molecule is CC(C)C1NCCc2conc21. The summed E-state index contributed by atoms with van der Waals surface area (Å²) in [6.07, 6.45) is 2.81. The summed E-state index contributed by atoms with van der Waals surface area (Å²) in [4.78, 5) is 0. The fourth-order valence-electron chi connectivity index (χ4n) is 1.72. The highest BCUT2D eigenvalue weighted by molar-refractivity contribution is 5.22. The highest BCUT2D eigenvalue weighted by Crippen LogP contribution is 2.26. The molecule has 0 spiro atoms. The Labute approximate surface area is 72.1 Å². The molecule has 0 amide bonds. The maximum atomic E-state index is 4.96. The first-order valence-electron chi connectivity index (χ1n) is 4.45. The Morgan fingerprint density at radius 1 is 1.67 bits per heavy atom. The largest absolute Gasteiger partial charge is 0.364 e. The Morgan fingerprint density at radius 2 is 2.50 bits per heavy atom. The predicted octanol–water partition coefficient (Wildman–Crippen LogP) is 1.52. The second-order valence-corrected chi connectivity index (χ2v) is 3.65. The van der Waals surface area contributed by atoms with Crippen LogP contribution in [0.3, 0.4) is 0 Å². The number of aromatic nitrogens is 1. The molecule has 0 fully saturated rings. The summed E-state index contributed by atoms with van der Waals surface area (Å²) in [5.74, 6) is 0.578. The molecule has 1 aromatic rings. The van der Waals surface area contributed by atoms with E-state index in [9.17, 15) is 0 Å². The zero-order chi connectivity index (χ0) is 8.55. The van der Waals surface area contributed by atoms with Crippen LogP contribution in [0.25, 0.3) is 0 Å². The second-order valence-electron chi connectivity index (χ2n) is 3.65. The third kappa shape index (κ3) is 1.14. The van der Waals surface area contributed by atoms with Gasteiger partial charge in [0.15, 0.2) is 0 Å². The first kappa shape index (κ1) is 7.80. The van der Waals surface area contributed by atoms with E-state index >= 15 is 0 Å². The minimum atomic E-state index is 0.382. The van der Waals surface area contributed by atoms with Crippen LogP contribution in [-0.2, 0) is 6.42 Å². The van der Waals surface area contributed by atoms with Gasteiger partial charge in [-0.1, -0.05) is 19.0 Å². The van der Waals surface area contributed by atoms with Gasteiger partial charge in [-0.05, 0) is 18.9 Å². The van der Waals surface area contributed by atoms with Crippen molar-refractivity contribution in [1.82, 2.24) is 10.5 Å². The van der Waals surface area contributed by atoms with Gasteiger partial charge in [0, 0.05) is 5.56 Å². The summed E-state index contributed by atoms with van der Waals surface area (Å²) in [6.45, 7) is 5.43. The third-order valence-electron chi connectivity index (χ3n) is 2.39. The highest BCUT2D eigenvalue weighted by atomic mass is 16.5. The Morgan fingerprint density at radius 3 is 3.25 bits per heavy atom. The maximum Gasteiger partial charge on any atom is 0.127 e. The van der Waals surface area contributed by atoms with E-state index in [1.807, 2.05) is 0 Å². The van der Waals surface area contributed by atoms with Gasteiger partial charge < -0.3 is 9.84 Å². The van der Waals surface area contributed by atoms with Crippen LogP contribution in [0.5, 0.6) is 0 Å². The topological polar surface area (TPSA) is 38.1 Å². The van der Waals surface area contributed by atoms with Gasteiger partial charge in [0.25, 0.3) is 0 Å². The van der Waals surface area contributed by atoms with E-state index in [0.717, 1.165) is 18.7 Å². The van der Waals surface area contributed by atoms with Crippen molar-refractivity contribution < 1.29 is 4.52 Å². The summed E-state index contributed by atoms with van der Waals surface area (Å²) in [6, 6.07) is 0.382. The number of nitrogens with zero attached hydrogens (tertiary/aromatic N) is 1. The summed E-state index contributed by atoms with van der Waals surface area (Å²) >= 11 is 0. The van der Waals surface area contributed by atoms with Crippen LogP contribution in [-0.4, -0.2) is 11.7 Å². The molecule has 0 aliphatic carbocycles. The Hall–Kier alpha value is -0.830. The fraction of sp³-hybridized carbons (Fsp3) is 0.667. The minimum Gasteiger partial charge on any atom is -0.364 e. The summed E-state index contributed by atoms with van der Waals surface area (Å²) in [5.41, 5.74) is 2.38. The molecule has 1 aromatic heterocycles. The Balaban J connectivity index is 2.31. The maximum absolute atomic E-state index is 4.96. The van der Waals surface area contributed by atoms with Crippen molar-refractivity contribution in [2.45, 2.75) is 26.3 Å². The molecule has 3 heteroatoms. The van der Waals surface area contributed by atoms with E-state index in [4.69, 9.17) is 4.52 Å². The number of hydrogen-bond donors (Lipinski definition) is 1. The number of rotatable bonds is 1. The van der Waals surface area contributed by atoms with Crippen molar-refractivity contribution in [2.75, 3.05) is 6.54 Å². The lowest BCUT2D eigenvalue weighted by atomic mass is 9.94. The van der Waals surface area contributed by atoms with Gasteiger partial charge in [-0.2, -0.15) is 0 Å². The van der Waals surface area contributed by atoms with E-state index in [1.54, 1.807) is 6.26 Å². The molecule has 0 bridgehead atoms. The molecule has 1 N–H and O–H groups in total. The van der Waals surface area contributed by atoms with Gasteiger partial charge in [-0.3, -0.25) is 0 Å². The van der Waals surface area contributed by atoms with E-state index in [-0.39, 0.29) is 0 Å². The summed E-state index contributed by atoms with van der Waals surface area (Å²) < 4.78 is 4.96. The molecule has 0 saturated heterocycles. The van der Waals surface area contributed by atoms with Crippen LogP contribution >= 0.6 is 0 Å². The van der Waals surface area contributed by atoms with E-state index < -0.39 is 0 Å². The highest BCUT2D eigenvalue weighted by Gasteiger charge is 2.25. The standard InChI is InChI=1S/C9H14N2O/c1-6(2)8-9-7(3-4-10-8)5-12-11-9/h5-6,8,10H,3-4H2,1-2H3. The first-order valence-corrected chi connectivity index (χ1v) is 4.45. The summed E-state index contributed by atoms with van der Waals surface area (Å²) in [5, 5.41) is 7.46. The van der Waals surface area contributed by atoms with Crippen LogP contribution in [0, 0.1) is 5.92 Å². The molecule has 0 aromatic carbocycles.